The van der Waals surface area contributed by atoms with Crippen molar-refractivity contribution in [2.24, 2.45) is 0 Å². The van der Waals surface area contributed by atoms with Crippen molar-refractivity contribution in [2.45, 2.75) is 0 Å². The summed E-state index contributed by atoms with van der Waals surface area (Å²) in [6, 6.07) is 0. The van der Waals surface area contributed by atoms with E-state index in [0.717, 1.165) is 0 Å². The Balaban J connectivity index is -0.0000000720. The number of hydrogen-bond donors (Lipinski definition) is 0. The molecule has 0 aliphatic heterocycles. The van der Waals surface area contributed by atoms with Crippen LogP contribution in [0.4, 0.5) is 0 Å². The molecule has 0 aromatic heterocycles. The molecule has 0 aromatic carbocycles. The van der Waals surface area contributed by atoms with E-state index in [0.29, 0.717) is 0 Å². The molecule has 0 fully saturated rings. The first-order valence-corrected chi connectivity index (χ1v) is 2.30. The van der Waals surface area contributed by atoms with E-state index in [1.165, 1.54) is 0 Å². The summed E-state index contributed by atoms with van der Waals surface area (Å²) in [7, 11) is 0. The first kappa shape index (κ1) is 15.7. The second-order valence-electron chi connectivity index (χ2n) is 0.943. The van der Waals surface area contributed by atoms with E-state index in [1.54, 1.807) is 24.3 Å². The van der Waals surface area contributed by atoms with Crippen molar-refractivity contribution in [3.8, 4) is 0 Å². The van der Waals surface area contributed by atoms with Gasteiger partial charge in [-0.05, 0) is 0 Å². The van der Waals surface area contributed by atoms with Crippen LogP contribution in [0.1, 0.15) is 0 Å². The Labute approximate surface area is 64.7 Å². The molecule has 0 aliphatic carbocycles. The fourth-order valence-corrected chi connectivity index (χ4v) is 0. The summed E-state index contributed by atoms with van der Waals surface area (Å²) in [5, 5.41) is 0. The molecule has 0 atom stereocenters. The zero-order chi connectivity index (χ0) is 6.83. The minimum Gasteiger partial charge on any atom is -0.197 e. The average Bonchev–Trinajstić information content (AvgIpc) is 1.88. The van der Waals surface area contributed by atoms with Gasteiger partial charge >= 0.3 is 0 Å². The highest BCUT2D eigenvalue weighted by Crippen LogP contribution is 1.53. The van der Waals surface area contributed by atoms with E-state index in [-0.39, 0.29) is 13.5 Å². The van der Waals surface area contributed by atoms with Gasteiger partial charge in [-0.1, -0.05) is 50.6 Å². The van der Waals surface area contributed by atoms with Crippen LogP contribution in [-0.4, -0.2) is 0 Å². The van der Waals surface area contributed by atoms with Crippen LogP contribution >= 0.6 is 13.5 Å². The molecular weight excluding hydrogens is 128 g/mol. The van der Waals surface area contributed by atoms with Crippen molar-refractivity contribution in [3.63, 3.8) is 0 Å². The molecule has 0 rings (SSSR count). The second kappa shape index (κ2) is 26.6. The lowest BCUT2D eigenvalue weighted by Crippen LogP contribution is -1.21. The van der Waals surface area contributed by atoms with Gasteiger partial charge in [0.1, 0.15) is 0 Å². The van der Waals surface area contributed by atoms with E-state index in [4.69, 9.17) is 0 Å². The van der Waals surface area contributed by atoms with Crippen LogP contribution in [0.25, 0.3) is 0 Å². The van der Waals surface area contributed by atoms with Crippen LogP contribution in [0.2, 0.25) is 0 Å². The topological polar surface area (TPSA) is 0 Å². The Bertz CT molecular complexity index is 58.6. The Hall–Kier alpha value is -0.690. The molecule has 0 radical (unpaired) electrons. The van der Waals surface area contributed by atoms with E-state index in [1.807, 2.05) is 0 Å². The molecule has 0 bridgehead atoms. The Morgan fingerprint density at radius 1 is 0.556 bits per heavy atom. The Morgan fingerprint density at radius 2 is 0.667 bits per heavy atom. The highest BCUT2D eigenvalue weighted by molar-refractivity contribution is 7.59. The molecule has 0 unspecified atom stereocenters. The Kier molecular flexibility index (Phi) is 46.5. The first-order valence-electron chi connectivity index (χ1n) is 2.30. The molecule has 0 spiro atoms. The lowest BCUT2D eigenvalue weighted by molar-refractivity contribution is 2.15. The van der Waals surface area contributed by atoms with E-state index in [9.17, 15) is 0 Å². The third-order valence-corrected chi connectivity index (χ3v) is 0.333. The third-order valence-electron chi connectivity index (χ3n) is 0.333. The SMILES string of the molecule is C=CC=C.C=CC=C.S. The minimum atomic E-state index is 0. The Morgan fingerprint density at radius 3 is 0.667 bits per heavy atom. The molecule has 0 nitrogen and oxygen atoms in total. The number of rotatable bonds is 2. The molecule has 0 amide bonds. The summed E-state index contributed by atoms with van der Waals surface area (Å²) >= 11 is 0. The molecule has 0 saturated carbocycles. The van der Waals surface area contributed by atoms with Crippen molar-refractivity contribution >= 4 is 13.5 Å². The second-order valence-corrected chi connectivity index (χ2v) is 0.943. The van der Waals surface area contributed by atoms with Gasteiger partial charge in [-0.2, -0.15) is 13.5 Å². The molecule has 0 N–H and O–H groups in total. The fourth-order valence-electron chi connectivity index (χ4n) is 0. The van der Waals surface area contributed by atoms with E-state index < -0.39 is 0 Å². The molecule has 9 heavy (non-hydrogen) atoms. The van der Waals surface area contributed by atoms with Crippen molar-refractivity contribution in [2.75, 3.05) is 0 Å². The van der Waals surface area contributed by atoms with Crippen LogP contribution in [0, 0.1) is 0 Å². The van der Waals surface area contributed by atoms with Crippen LogP contribution in [0.15, 0.2) is 50.6 Å². The standard InChI is InChI=1S/2C4H6.H2S/c2*1-3-4-2;/h2*3-4H,1-2H2;1H2. The molecule has 0 aromatic rings. The predicted molar refractivity (Wildman–Crippen MR) is 51.2 cm³/mol. The van der Waals surface area contributed by atoms with E-state index >= 15 is 0 Å². The quantitative estimate of drug-likeness (QED) is 0.520. The first-order chi connectivity index (χ1) is 3.83. The summed E-state index contributed by atoms with van der Waals surface area (Å²) in [5.41, 5.74) is 0. The lowest BCUT2D eigenvalue weighted by atomic mass is 10.6. The van der Waals surface area contributed by atoms with E-state index in [2.05, 4.69) is 26.3 Å². The minimum absolute atomic E-state index is 0. The van der Waals surface area contributed by atoms with Gasteiger partial charge in [0, 0.05) is 0 Å². The third kappa shape index (κ3) is 120. The molecule has 52 valence electrons. The number of hydrogen-bond acceptors (Lipinski definition) is 0. The highest BCUT2D eigenvalue weighted by atomic mass is 32.1. The average molecular weight is 142 g/mol. The molecule has 0 saturated heterocycles. The van der Waals surface area contributed by atoms with Gasteiger partial charge in [0.15, 0.2) is 0 Å². The van der Waals surface area contributed by atoms with Gasteiger partial charge in [-0.15, -0.1) is 0 Å². The summed E-state index contributed by atoms with van der Waals surface area (Å²) in [5.74, 6) is 0. The van der Waals surface area contributed by atoms with Gasteiger partial charge in [0.05, 0.1) is 0 Å². The van der Waals surface area contributed by atoms with Gasteiger partial charge in [-0.3, -0.25) is 0 Å². The normalized spacial score (nSPS) is 4.44. The number of allylic oxidation sites excluding steroid dienone is 4. The largest absolute Gasteiger partial charge is 0.197 e. The van der Waals surface area contributed by atoms with Gasteiger partial charge in [-0.25, -0.2) is 0 Å². The predicted octanol–water partition coefficient (Wildman–Crippen LogP) is 2.83. The summed E-state index contributed by atoms with van der Waals surface area (Å²) in [6.45, 7) is 13.4. The van der Waals surface area contributed by atoms with Crippen LogP contribution < -0.4 is 0 Å². The maximum absolute atomic E-state index is 3.36. The lowest BCUT2D eigenvalue weighted by Gasteiger charge is -1.44. The van der Waals surface area contributed by atoms with Gasteiger partial charge in [0.2, 0.25) is 0 Å². The van der Waals surface area contributed by atoms with Crippen molar-refractivity contribution < 1.29 is 0 Å². The highest BCUT2D eigenvalue weighted by Gasteiger charge is 1.29. The van der Waals surface area contributed by atoms with Gasteiger partial charge < -0.3 is 0 Å². The summed E-state index contributed by atoms with van der Waals surface area (Å²) < 4.78 is 0. The van der Waals surface area contributed by atoms with Gasteiger partial charge in [0.25, 0.3) is 0 Å². The maximum atomic E-state index is 3.36. The van der Waals surface area contributed by atoms with Crippen LogP contribution in [0.3, 0.4) is 0 Å². The van der Waals surface area contributed by atoms with Crippen molar-refractivity contribution in [1.82, 2.24) is 0 Å². The van der Waals surface area contributed by atoms with Crippen molar-refractivity contribution in [1.29, 1.82) is 0 Å². The maximum Gasteiger partial charge on any atom is -0.0701 e. The van der Waals surface area contributed by atoms with Crippen LogP contribution in [-0.2, 0) is 0 Å². The summed E-state index contributed by atoms with van der Waals surface area (Å²) in [6.07, 6.45) is 6.56. The molecule has 1 heteroatoms. The molecular formula is C8H14S. The zero-order valence-electron chi connectivity index (χ0n) is 5.64. The molecule has 0 heterocycles. The van der Waals surface area contributed by atoms with Crippen molar-refractivity contribution in [3.05, 3.63) is 50.6 Å². The smallest absolute Gasteiger partial charge is 0.0701 e. The summed E-state index contributed by atoms with van der Waals surface area (Å²) in [4.78, 5) is 0. The monoisotopic (exact) mass is 142 g/mol. The fraction of sp³-hybridized carbons (Fsp3) is 0. The van der Waals surface area contributed by atoms with Crippen LogP contribution in [0.5, 0.6) is 0 Å². The zero-order valence-corrected chi connectivity index (χ0v) is 6.64. The molecule has 0 aliphatic rings.